The number of hydrogen-bond acceptors (Lipinski definition) is 3. The van der Waals surface area contributed by atoms with E-state index in [0.29, 0.717) is 6.61 Å². The van der Waals surface area contributed by atoms with E-state index in [1.54, 1.807) is 7.11 Å². The first-order valence-electron chi connectivity index (χ1n) is 6.07. The largest absolute Gasteiger partial charge is 0.487 e. The molecule has 1 aromatic rings. The van der Waals surface area contributed by atoms with E-state index < -0.39 is 0 Å². The number of ether oxygens (including phenoxy) is 2. The second-order valence-electron chi connectivity index (χ2n) is 5.28. The highest BCUT2D eigenvalue weighted by Crippen LogP contribution is 2.17. The van der Waals surface area contributed by atoms with Gasteiger partial charge in [0.1, 0.15) is 11.9 Å². The van der Waals surface area contributed by atoms with Crippen LogP contribution in [-0.2, 0) is 4.74 Å². The first kappa shape index (κ1) is 15.5. The van der Waals surface area contributed by atoms with Crippen molar-refractivity contribution in [3.8, 4) is 5.75 Å². The summed E-state index contributed by atoms with van der Waals surface area (Å²) in [5.41, 5.74) is 0.0784. The number of rotatable bonds is 6. The van der Waals surface area contributed by atoms with Crippen molar-refractivity contribution in [2.24, 2.45) is 0 Å². The molecule has 0 bridgehead atoms. The van der Waals surface area contributed by atoms with Crippen molar-refractivity contribution in [3.05, 3.63) is 28.7 Å². The molecule has 0 radical (unpaired) electrons. The molecule has 1 aromatic carbocycles. The molecule has 1 N–H and O–H groups in total. The lowest BCUT2D eigenvalue weighted by Gasteiger charge is -2.25. The molecule has 0 amide bonds. The van der Waals surface area contributed by atoms with Crippen LogP contribution in [0.15, 0.2) is 28.7 Å². The third-order valence-corrected chi connectivity index (χ3v) is 2.86. The van der Waals surface area contributed by atoms with Gasteiger partial charge in [-0.1, -0.05) is 15.9 Å². The predicted molar refractivity (Wildman–Crippen MR) is 78.2 cm³/mol. The number of benzene rings is 1. The molecule has 1 unspecified atom stereocenters. The fourth-order valence-electron chi connectivity index (χ4n) is 1.45. The van der Waals surface area contributed by atoms with E-state index in [1.165, 1.54) is 0 Å². The molecule has 1 rings (SSSR count). The number of methoxy groups -OCH3 is 1. The molecule has 4 heteroatoms. The molecule has 102 valence electrons. The van der Waals surface area contributed by atoms with E-state index in [2.05, 4.69) is 42.0 Å². The highest BCUT2D eigenvalue weighted by molar-refractivity contribution is 9.10. The molecule has 0 aromatic heterocycles. The van der Waals surface area contributed by atoms with Gasteiger partial charge in [0, 0.05) is 23.7 Å². The minimum absolute atomic E-state index is 0.00963. The molecule has 0 saturated carbocycles. The van der Waals surface area contributed by atoms with Crippen LogP contribution >= 0.6 is 15.9 Å². The zero-order chi connectivity index (χ0) is 13.6. The van der Waals surface area contributed by atoms with Crippen molar-refractivity contribution in [2.75, 3.05) is 20.3 Å². The lowest BCUT2D eigenvalue weighted by atomic mass is 10.1. The third kappa shape index (κ3) is 6.38. The molecule has 0 aliphatic rings. The second-order valence-corrected chi connectivity index (χ2v) is 6.20. The number of halogens is 1. The Balaban J connectivity index is 2.54. The molecule has 0 aliphatic carbocycles. The Morgan fingerprint density at radius 2 is 1.83 bits per heavy atom. The summed E-state index contributed by atoms with van der Waals surface area (Å²) >= 11 is 3.41. The summed E-state index contributed by atoms with van der Waals surface area (Å²) < 4.78 is 12.1. The van der Waals surface area contributed by atoms with Gasteiger partial charge in [0.15, 0.2) is 0 Å². The van der Waals surface area contributed by atoms with Gasteiger partial charge in [-0.2, -0.15) is 0 Å². The van der Waals surface area contributed by atoms with Crippen LogP contribution in [-0.4, -0.2) is 31.9 Å². The van der Waals surface area contributed by atoms with Gasteiger partial charge >= 0.3 is 0 Å². The van der Waals surface area contributed by atoms with Gasteiger partial charge in [-0.05, 0) is 45.0 Å². The van der Waals surface area contributed by atoms with E-state index in [9.17, 15) is 0 Å². The molecule has 0 spiro atoms. The average Bonchev–Trinajstić information content (AvgIpc) is 2.28. The average molecular weight is 316 g/mol. The van der Waals surface area contributed by atoms with Crippen LogP contribution in [0.2, 0.25) is 0 Å². The van der Waals surface area contributed by atoms with Crippen LogP contribution in [0.4, 0.5) is 0 Å². The minimum atomic E-state index is 0.00963. The molecule has 3 nitrogen and oxygen atoms in total. The smallest absolute Gasteiger partial charge is 0.134 e. The van der Waals surface area contributed by atoms with E-state index in [1.807, 2.05) is 24.3 Å². The van der Waals surface area contributed by atoms with Gasteiger partial charge in [-0.25, -0.2) is 0 Å². The highest BCUT2D eigenvalue weighted by atomic mass is 79.9. The summed E-state index contributed by atoms with van der Waals surface area (Å²) in [6, 6.07) is 7.83. The monoisotopic (exact) mass is 315 g/mol. The van der Waals surface area contributed by atoms with Crippen molar-refractivity contribution in [1.82, 2.24) is 5.32 Å². The molecule has 0 heterocycles. The van der Waals surface area contributed by atoms with E-state index >= 15 is 0 Å². The van der Waals surface area contributed by atoms with Crippen LogP contribution in [0.5, 0.6) is 5.75 Å². The molecular weight excluding hydrogens is 294 g/mol. The maximum Gasteiger partial charge on any atom is 0.134 e. The Labute approximate surface area is 118 Å². The fourth-order valence-corrected chi connectivity index (χ4v) is 1.71. The maximum atomic E-state index is 5.90. The summed E-state index contributed by atoms with van der Waals surface area (Å²) in [5.74, 6) is 0.857. The van der Waals surface area contributed by atoms with Crippen molar-refractivity contribution in [2.45, 2.75) is 32.4 Å². The first-order valence-corrected chi connectivity index (χ1v) is 6.86. The van der Waals surface area contributed by atoms with Gasteiger partial charge in [0.05, 0.1) is 6.61 Å². The molecule has 18 heavy (non-hydrogen) atoms. The van der Waals surface area contributed by atoms with E-state index in [-0.39, 0.29) is 11.6 Å². The Kier molecular flexibility index (Phi) is 6.12. The normalized spacial score (nSPS) is 13.4. The molecule has 1 atom stereocenters. The van der Waals surface area contributed by atoms with Crippen LogP contribution in [0.1, 0.15) is 20.8 Å². The summed E-state index contributed by atoms with van der Waals surface area (Å²) in [5, 5.41) is 3.42. The number of nitrogens with one attached hydrogen (secondary N) is 1. The van der Waals surface area contributed by atoms with Gasteiger partial charge in [0.25, 0.3) is 0 Å². The Morgan fingerprint density at radius 1 is 1.22 bits per heavy atom. The quantitative estimate of drug-likeness (QED) is 0.874. The molecule has 0 saturated heterocycles. The first-order chi connectivity index (χ1) is 8.40. The topological polar surface area (TPSA) is 30.5 Å². The van der Waals surface area contributed by atoms with Gasteiger partial charge in [-0.15, -0.1) is 0 Å². The number of hydrogen-bond donors (Lipinski definition) is 1. The van der Waals surface area contributed by atoms with Crippen LogP contribution < -0.4 is 10.1 Å². The van der Waals surface area contributed by atoms with Crippen LogP contribution in [0.3, 0.4) is 0 Å². The zero-order valence-electron chi connectivity index (χ0n) is 11.5. The minimum Gasteiger partial charge on any atom is -0.487 e. The van der Waals surface area contributed by atoms with Crippen molar-refractivity contribution < 1.29 is 9.47 Å². The lowest BCUT2D eigenvalue weighted by Crippen LogP contribution is -2.44. The SMILES string of the molecule is COCC(CNC(C)(C)C)Oc1ccc(Br)cc1. The summed E-state index contributed by atoms with van der Waals surface area (Å²) in [6.45, 7) is 7.73. The van der Waals surface area contributed by atoms with E-state index in [4.69, 9.17) is 9.47 Å². The third-order valence-electron chi connectivity index (χ3n) is 2.33. The van der Waals surface area contributed by atoms with Gasteiger partial charge in [0.2, 0.25) is 0 Å². The Morgan fingerprint density at radius 3 is 2.33 bits per heavy atom. The lowest BCUT2D eigenvalue weighted by molar-refractivity contribution is 0.0765. The standard InChI is InChI=1S/C14H22BrNO2/c1-14(2,3)16-9-13(10-17-4)18-12-7-5-11(15)6-8-12/h5-8,13,16H,9-10H2,1-4H3. The summed E-state index contributed by atoms with van der Waals surface area (Å²) in [6.07, 6.45) is 0.00963. The second kappa shape index (κ2) is 7.12. The van der Waals surface area contributed by atoms with Crippen molar-refractivity contribution in [1.29, 1.82) is 0 Å². The predicted octanol–water partition coefficient (Wildman–Crippen LogP) is 3.23. The Hall–Kier alpha value is -0.580. The van der Waals surface area contributed by atoms with Crippen molar-refractivity contribution >= 4 is 15.9 Å². The Bertz CT molecular complexity index is 346. The zero-order valence-corrected chi connectivity index (χ0v) is 13.1. The van der Waals surface area contributed by atoms with Gasteiger partial charge in [-0.3, -0.25) is 0 Å². The maximum absolute atomic E-state index is 5.90. The van der Waals surface area contributed by atoms with Gasteiger partial charge < -0.3 is 14.8 Å². The summed E-state index contributed by atoms with van der Waals surface area (Å²) in [7, 11) is 1.69. The van der Waals surface area contributed by atoms with Crippen LogP contribution in [0, 0.1) is 0 Å². The van der Waals surface area contributed by atoms with Crippen LogP contribution in [0.25, 0.3) is 0 Å². The highest BCUT2D eigenvalue weighted by Gasteiger charge is 2.15. The molecule has 0 aliphatic heterocycles. The summed E-state index contributed by atoms with van der Waals surface area (Å²) in [4.78, 5) is 0. The van der Waals surface area contributed by atoms with E-state index in [0.717, 1.165) is 16.8 Å². The molecule has 0 fully saturated rings. The van der Waals surface area contributed by atoms with Crippen molar-refractivity contribution in [3.63, 3.8) is 0 Å². The molecular formula is C14H22BrNO2. The fraction of sp³-hybridized carbons (Fsp3) is 0.571.